The molecular weight excluding hydrogens is 257 g/mol. The third-order valence-corrected chi connectivity index (χ3v) is 3.99. The Balaban J connectivity index is 1.84. The van der Waals surface area contributed by atoms with Gasteiger partial charge in [-0.2, -0.15) is 0 Å². The molecule has 110 valence electrons. The molecule has 4 heteroatoms. The molecule has 1 aliphatic carbocycles. The highest BCUT2D eigenvalue weighted by Crippen LogP contribution is 2.30. The normalized spacial score (nSPS) is 17.8. The molecule has 1 aromatic rings. The maximum Gasteiger partial charge on any atom is 0.223 e. The largest absolute Gasteiger partial charge is 0.389 e. The van der Waals surface area contributed by atoms with Crippen molar-refractivity contribution in [1.82, 2.24) is 5.32 Å². The van der Waals surface area contributed by atoms with Crippen LogP contribution >= 0.6 is 0 Å². The smallest absolute Gasteiger partial charge is 0.223 e. The molecule has 1 aromatic carbocycles. The summed E-state index contributed by atoms with van der Waals surface area (Å²) in [4.78, 5) is 11.9. The molecule has 1 amide bonds. The molecule has 3 nitrogen and oxygen atoms in total. The fourth-order valence-electron chi connectivity index (χ4n) is 2.77. The van der Waals surface area contributed by atoms with Gasteiger partial charge in [-0.3, -0.25) is 4.79 Å². The molecule has 0 unspecified atom stereocenters. The average molecular weight is 279 g/mol. The third-order valence-electron chi connectivity index (χ3n) is 3.99. The molecule has 2 rings (SSSR count). The summed E-state index contributed by atoms with van der Waals surface area (Å²) in [5.74, 6) is -0.382. The van der Waals surface area contributed by atoms with Crippen molar-refractivity contribution in [3.63, 3.8) is 0 Å². The molecule has 0 bridgehead atoms. The minimum Gasteiger partial charge on any atom is -0.389 e. The van der Waals surface area contributed by atoms with E-state index in [4.69, 9.17) is 0 Å². The van der Waals surface area contributed by atoms with E-state index in [1.165, 1.54) is 6.07 Å². The number of hydrogen-bond acceptors (Lipinski definition) is 2. The summed E-state index contributed by atoms with van der Waals surface area (Å²) in [5, 5.41) is 13.1. The second-order valence-electron chi connectivity index (χ2n) is 5.82. The molecule has 0 heterocycles. The fraction of sp³-hybridized carbons (Fsp3) is 0.562. The summed E-state index contributed by atoms with van der Waals surface area (Å²) in [7, 11) is 0. The summed E-state index contributed by atoms with van der Waals surface area (Å²) >= 11 is 0. The highest BCUT2D eigenvalue weighted by Gasteiger charge is 2.31. The predicted octanol–water partition coefficient (Wildman–Crippen LogP) is 2.84. The first-order valence-corrected chi connectivity index (χ1v) is 7.23. The molecule has 0 spiro atoms. The molecule has 0 saturated heterocycles. The highest BCUT2D eigenvalue weighted by molar-refractivity contribution is 5.77. The van der Waals surface area contributed by atoms with Gasteiger partial charge in [-0.25, -0.2) is 4.39 Å². The van der Waals surface area contributed by atoms with Crippen LogP contribution in [0.2, 0.25) is 0 Å². The number of nitrogens with one attached hydrogen (secondary N) is 1. The van der Waals surface area contributed by atoms with Gasteiger partial charge in [0.15, 0.2) is 0 Å². The first kappa shape index (κ1) is 15.0. The predicted molar refractivity (Wildman–Crippen MR) is 75.6 cm³/mol. The van der Waals surface area contributed by atoms with E-state index < -0.39 is 5.60 Å². The molecule has 2 N–H and O–H groups in total. The Morgan fingerprint density at radius 3 is 2.70 bits per heavy atom. The minimum atomic E-state index is -0.832. The van der Waals surface area contributed by atoms with Crippen LogP contribution in [0.1, 0.15) is 49.7 Å². The molecule has 1 aliphatic rings. The zero-order valence-corrected chi connectivity index (χ0v) is 11.9. The van der Waals surface area contributed by atoms with Crippen LogP contribution in [-0.4, -0.2) is 16.6 Å². The van der Waals surface area contributed by atoms with E-state index in [-0.39, 0.29) is 18.1 Å². The van der Waals surface area contributed by atoms with Crippen LogP contribution in [0.25, 0.3) is 0 Å². The number of aryl methyl sites for hydroxylation is 1. The van der Waals surface area contributed by atoms with Gasteiger partial charge in [-0.1, -0.05) is 31.4 Å². The molecule has 0 atom stereocenters. The number of carbonyl (C=O) groups excluding carboxylic acids is 1. The number of amides is 1. The van der Waals surface area contributed by atoms with Crippen LogP contribution in [0.3, 0.4) is 0 Å². The summed E-state index contributed by atoms with van der Waals surface area (Å²) in [5.41, 5.74) is 0.608. The maximum atomic E-state index is 13.1. The summed E-state index contributed by atoms with van der Waals surface area (Å²) in [6, 6.07) is 4.80. The first-order chi connectivity index (χ1) is 9.48. The summed E-state index contributed by atoms with van der Waals surface area (Å²) in [6.07, 6.45) is 4.68. The third kappa shape index (κ3) is 4.04. The van der Waals surface area contributed by atoms with Gasteiger partial charge in [0.25, 0.3) is 0 Å². The second kappa shape index (κ2) is 6.35. The topological polar surface area (TPSA) is 49.3 Å². The summed E-state index contributed by atoms with van der Waals surface area (Å²) < 4.78 is 13.1. The van der Waals surface area contributed by atoms with Crippen LogP contribution in [0.4, 0.5) is 4.39 Å². The monoisotopic (exact) mass is 279 g/mol. The van der Waals surface area contributed by atoms with Gasteiger partial charge < -0.3 is 10.4 Å². The van der Waals surface area contributed by atoms with Gasteiger partial charge in [-0.05, 0) is 37.0 Å². The summed E-state index contributed by atoms with van der Waals surface area (Å²) in [6.45, 7) is 2.07. The van der Waals surface area contributed by atoms with Crippen molar-refractivity contribution in [2.75, 3.05) is 0 Å². The van der Waals surface area contributed by atoms with Gasteiger partial charge in [-0.15, -0.1) is 0 Å². The Bertz CT molecular complexity index is 481. The SMILES string of the molecule is Cc1cc(CNC(=O)CC2(O)CCCCC2)ccc1F. The molecule has 20 heavy (non-hydrogen) atoms. The molecule has 0 radical (unpaired) electrons. The number of rotatable bonds is 4. The number of benzene rings is 1. The highest BCUT2D eigenvalue weighted by atomic mass is 19.1. The number of halogens is 1. The van der Waals surface area contributed by atoms with Crippen molar-refractivity contribution < 1.29 is 14.3 Å². The zero-order chi connectivity index (χ0) is 14.6. The van der Waals surface area contributed by atoms with Crippen LogP contribution in [0.15, 0.2) is 18.2 Å². The minimum absolute atomic E-state index is 0.142. The second-order valence-corrected chi connectivity index (χ2v) is 5.82. The lowest BCUT2D eigenvalue weighted by molar-refractivity contribution is -0.127. The first-order valence-electron chi connectivity index (χ1n) is 7.23. The van der Waals surface area contributed by atoms with Gasteiger partial charge in [0.1, 0.15) is 5.82 Å². The van der Waals surface area contributed by atoms with E-state index in [1.807, 2.05) is 0 Å². The van der Waals surface area contributed by atoms with Gasteiger partial charge >= 0.3 is 0 Å². The van der Waals surface area contributed by atoms with Crippen LogP contribution in [0, 0.1) is 12.7 Å². The van der Waals surface area contributed by atoms with Crippen molar-refractivity contribution in [3.05, 3.63) is 35.1 Å². The lowest BCUT2D eigenvalue weighted by Gasteiger charge is -2.31. The Morgan fingerprint density at radius 1 is 1.35 bits per heavy atom. The van der Waals surface area contributed by atoms with E-state index in [0.717, 1.165) is 24.8 Å². The lowest BCUT2D eigenvalue weighted by atomic mass is 9.82. The fourth-order valence-corrected chi connectivity index (χ4v) is 2.77. The number of hydrogen-bond donors (Lipinski definition) is 2. The van der Waals surface area contributed by atoms with Gasteiger partial charge in [0.05, 0.1) is 12.0 Å². The van der Waals surface area contributed by atoms with Crippen molar-refractivity contribution in [3.8, 4) is 0 Å². The number of aliphatic hydroxyl groups is 1. The number of carbonyl (C=O) groups is 1. The van der Waals surface area contributed by atoms with Crippen molar-refractivity contribution in [1.29, 1.82) is 0 Å². The lowest BCUT2D eigenvalue weighted by Crippen LogP contribution is -2.38. The Kier molecular flexibility index (Phi) is 4.76. The van der Waals surface area contributed by atoms with Crippen molar-refractivity contribution >= 4 is 5.91 Å². The molecule has 1 saturated carbocycles. The zero-order valence-electron chi connectivity index (χ0n) is 11.9. The average Bonchev–Trinajstić information content (AvgIpc) is 2.40. The Labute approximate surface area is 119 Å². The molecular formula is C16H22FNO2. The van der Waals surface area contributed by atoms with E-state index in [9.17, 15) is 14.3 Å². The van der Waals surface area contributed by atoms with Crippen LogP contribution in [-0.2, 0) is 11.3 Å². The van der Waals surface area contributed by atoms with E-state index in [0.29, 0.717) is 24.9 Å². The molecule has 0 aromatic heterocycles. The van der Waals surface area contributed by atoms with Crippen molar-refractivity contribution in [2.45, 2.75) is 57.6 Å². The van der Waals surface area contributed by atoms with E-state index >= 15 is 0 Å². The van der Waals surface area contributed by atoms with Crippen LogP contribution in [0.5, 0.6) is 0 Å². The molecule has 0 aliphatic heterocycles. The standard InChI is InChI=1S/C16H22FNO2/c1-12-9-13(5-6-14(12)17)11-18-15(19)10-16(20)7-3-2-4-8-16/h5-6,9,20H,2-4,7-8,10-11H2,1H3,(H,18,19). The van der Waals surface area contributed by atoms with E-state index in [2.05, 4.69) is 5.32 Å². The maximum absolute atomic E-state index is 13.1. The van der Waals surface area contributed by atoms with Gasteiger partial charge in [0.2, 0.25) is 5.91 Å². The van der Waals surface area contributed by atoms with Gasteiger partial charge in [0, 0.05) is 6.54 Å². The molecule has 1 fully saturated rings. The quantitative estimate of drug-likeness (QED) is 0.890. The van der Waals surface area contributed by atoms with Crippen LogP contribution < -0.4 is 5.32 Å². The Morgan fingerprint density at radius 2 is 2.05 bits per heavy atom. The van der Waals surface area contributed by atoms with E-state index in [1.54, 1.807) is 19.1 Å². The Hall–Kier alpha value is -1.42. The van der Waals surface area contributed by atoms with Crippen molar-refractivity contribution in [2.24, 2.45) is 0 Å².